The quantitative estimate of drug-likeness (QED) is 0.681. The van der Waals surface area contributed by atoms with E-state index in [0.29, 0.717) is 11.8 Å². The number of ether oxygens (including phenoxy) is 1. The third-order valence-electron chi connectivity index (χ3n) is 6.38. The number of pyridine rings is 1. The third kappa shape index (κ3) is 3.61. The van der Waals surface area contributed by atoms with Gasteiger partial charge >= 0.3 is 0 Å². The molecule has 6 heteroatoms. The molecule has 1 unspecified atom stereocenters. The molecule has 2 aromatic heterocycles. The van der Waals surface area contributed by atoms with E-state index in [-0.39, 0.29) is 5.82 Å². The van der Waals surface area contributed by atoms with Crippen LogP contribution in [-0.2, 0) is 0 Å². The molecular formula is C24H27FN4O. The molecule has 3 aromatic rings. The molecule has 1 aliphatic carbocycles. The summed E-state index contributed by atoms with van der Waals surface area (Å²) in [4.78, 5) is 10.6. The minimum absolute atomic E-state index is 0.277. The lowest BCUT2D eigenvalue weighted by atomic mass is 9.92. The first-order valence-electron chi connectivity index (χ1n) is 10.7. The zero-order chi connectivity index (χ0) is 20.5. The Kier molecular flexibility index (Phi) is 5.27. The molecular weight excluding hydrogens is 379 g/mol. The van der Waals surface area contributed by atoms with Crippen molar-refractivity contribution >= 4 is 16.6 Å². The van der Waals surface area contributed by atoms with Crippen LogP contribution in [0.3, 0.4) is 0 Å². The molecule has 0 spiro atoms. The molecule has 1 atom stereocenters. The summed E-state index contributed by atoms with van der Waals surface area (Å²) in [5, 5.41) is 4.42. The number of aromatic nitrogens is 2. The Morgan fingerprint density at radius 2 is 2.00 bits per heavy atom. The van der Waals surface area contributed by atoms with Gasteiger partial charge in [0.2, 0.25) is 0 Å². The summed E-state index contributed by atoms with van der Waals surface area (Å²) < 4.78 is 19.4. The average molecular weight is 407 g/mol. The summed E-state index contributed by atoms with van der Waals surface area (Å²) >= 11 is 0. The van der Waals surface area contributed by atoms with Crippen molar-refractivity contribution in [1.29, 1.82) is 0 Å². The fourth-order valence-electron chi connectivity index (χ4n) is 4.77. The first-order chi connectivity index (χ1) is 14.7. The standard InChI is InChI=1S/C24H27FN4O/c1-30-23-7-4-17(25)14-20(23)19-8-9-27-24-21(19)15-22(28-24)16-2-5-18(6-3-16)29-12-10-26-11-13-29/h2,4,7-9,14-15,18,26H,3,5-6,10-13H2,1H3,(H,27,28). The van der Waals surface area contributed by atoms with Gasteiger partial charge in [0, 0.05) is 55.1 Å². The number of hydrogen-bond donors (Lipinski definition) is 2. The van der Waals surface area contributed by atoms with Crippen LogP contribution >= 0.6 is 0 Å². The SMILES string of the molecule is COc1ccc(F)cc1-c1ccnc2[nH]c(C3=CCC(N4CCNCC4)CC3)cc12. The van der Waals surface area contributed by atoms with Crippen molar-refractivity contribution < 1.29 is 9.13 Å². The molecule has 2 aliphatic rings. The first-order valence-corrected chi connectivity index (χ1v) is 10.7. The number of H-pyrrole nitrogens is 1. The summed E-state index contributed by atoms with van der Waals surface area (Å²) in [5.74, 6) is 0.378. The zero-order valence-electron chi connectivity index (χ0n) is 17.2. The predicted octanol–water partition coefficient (Wildman–Crippen LogP) is 4.22. The molecule has 5 rings (SSSR count). The lowest BCUT2D eigenvalue weighted by molar-refractivity contribution is 0.164. The van der Waals surface area contributed by atoms with E-state index in [9.17, 15) is 4.39 Å². The van der Waals surface area contributed by atoms with Crippen LogP contribution in [0.4, 0.5) is 4.39 Å². The molecule has 0 amide bonds. The van der Waals surface area contributed by atoms with E-state index in [4.69, 9.17) is 4.74 Å². The Bertz CT molecular complexity index is 1080. The second kappa shape index (κ2) is 8.20. The van der Waals surface area contributed by atoms with Gasteiger partial charge in [0.15, 0.2) is 0 Å². The van der Waals surface area contributed by atoms with Crippen LogP contribution in [0.1, 0.15) is 25.0 Å². The second-order valence-electron chi connectivity index (χ2n) is 8.09. The molecule has 1 saturated heterocycles. The smallest absolute Gasteiger partial charge is 0.138 e. The number of aromatic amines is 1. The van der Waals surface area contributed by atoms with E-state index < -0.39 is 0 Å². The van der Waals surface area contributed by atoms with Gasteiger partial charge in [-0.1, -0.05) is 6.08 Å². The van der Waals surface area contributed by atoms with Crippen LogP contribution in [0.5, 0.6) is 5.75 Å². The molecule has 0 radical (unpaired) electrons. The molecule has 1 fully saturated rings. The van der Waals surface area contributed by atoms with Crippen molar-refractivity contribution in [3.05, 3.63) is 54.1 Å². The molecule has 1 aliphatic heterocycles. The van der Waals surface area contributed by atoms with Crippen molar-refractivity contribution in [2.75, 3.05) is 33.3 Å². The number of halogens is 1. The second-order valence-corrected chi connectivity index (χ2v) is 8.09. The number of allylic oxidation sites excluding steroid dienone is 1. The molecule has 5 nitrogen and oxygen atoms in total. The number of nitrogens with one attached hydrogen (secondary N) is 2. The van der Waals surface area contributed by atoms with Gasteiger partial charge < -0.3 is 15.0 Å². The molecule has 1 aromatic carbocycles. The molecule has 2 N–H and O–H groups in total. The molecule has 156 valence electrons. The van der Waals surface area contributed by atoms with Gasteiger partial charge in [0.1, 0.15) is 17.2 Å². The van der Waals surface area contributed by atoms with Crippen LogP contribution < -0.4 is 10.1 Å². The van der Waals surface area contributed by atoms with Crippen LogP contribution in [0.25, 0.3) is 27.7 Å². The van der Waals surface area contributed by atoms with Gasteiger partial charge in [-0.05, 0) is 60.7 Å². The molecule has 3 heterocycles. The van der Waals surface area contributed by atoms with Crippen LogP contribution in [0, 0.1) is 5.82 Å². The Balaban J connectivity index is 1.46. The van der Waals surface area contributed by atoms with Crippen molar-refractivity contribution in [1.82, 2.24) is 20.2 Å². The number of nitrogens with zero attached hydrogens (tertiary/aromatic N) is 2. The zero-order valence-corrected chi connectivity index (χ0v) is 17.2. The van der Waals surface area contributed by atoms with E-state index in [1.807, 2.05) is 6.07 Å². The molecule has 0 saturated carbocycles. The number of methoxy groups -OCH3 is 1. The van der Waals surface area contributed by atoms with Crippen molar-refractivity contribution in [3.63, 3.8) is 0 Å². The van der Waals surface area contributed by atoms with Gasteiger partial charge in [0.05, 0.1) is 7.11 Å². The summed E-state index contributed by atoms with van der Waals surface area (Å²) in [6.45, 7) is 4.46. The fourth-order valence-corrected chi connectivity index (χ4v) is 4.77. The summed E-state index contributed by atoms with van der Waals surface area (Å²) in [6, 6.07) is 9.34. The first kappa shape index (κ1) is 19.3. The third-order valence-corrected chi connectivity index (χ3v) is 6.38. The number of fused-ring (bicyclic) bond motifs is 1. The maximum absolute atomic E-state index is 14.0. The number of hydrogen-bond acceptors (Lipinski definition) is 4. The van der Waals surface area contributed by atoms with E-state index in [0.717, 1.165) is 66.9 Å². The van der Waals surface area contributed by atoms with Crippen LogP contribution in [0.2, 0.25) is 0 Å². The summed E-state index contributed by atoms with van der Waals surface area (Å²) in [6.07, 6.45) is 7.46. The van der Waals surface area contributed by atoms with Gasteiger partial charge in [-0.15, -0.1) is 0 Å². The van der Waals surface area contributed by atoms with E-state index in [1.54, 1.807) is 19.4 Å². The van der Waals surface area contributed by atoms with E-state index in [2.05, 4.69) is 32.3 Å². The number of rotatable bonds is 4. The highest BCUT2D eigenvalue weighted by Gasteiger charge is 2.24. The van der Waals surface area contributed by atoms with Crippen LogP contribution in [-0.4, -0.2) is 54.2 Å². The lowest BCUT2D eigenvalue weighted by Gasteiger charge is -2.36. The normalized spacial score (nSPS) is 20.3. The summed E-state index contributed by atoms with van der Waals surface area (Å²) in [7, 11) is 1.61. The largest absolute Gasteiger partial charge is 0.496 e. The highest BCUT2D eigenvalue weighted by atomic mass is 19.1. The van der Waals surface area contributed by atoms with Crippen molar-refractivity contribution in [2.24, 2.45) is 0 Å². The average Bonchev–Trinajstić information content (AvgIpc) is 3.24. The highest BCUT2D eigenvalue weighted by molar-refractivity contribution is 5.96. The van der Waals surface area contributed by atoms with Gasteiger partial charge in [-0.2, -0.15) is 0 Å². The van der Waals surface area contributed by atoms with Gasteiger partial charge in [-0.3, -0.25) is 4.90 Å². The maximum atomic E-state index is 14.0. The lowest BCUT2D eigenvalue weighted by Crippen LogP contribution is -2.48. The molecule has 0 bridgehead atoms. The predicted molar refractivity (Wildman–Crippen MR) is 118 cm³/mol. The van der Waals surface area contributed by atoms with Crippen molar-refractivity contribution in [2.45, 2.75) is 25.3 Å². The van der Waals surface area contributed by atoms with Crippen molar-refractivity contribution in [3.8, 4) is 16.9 Å². The fraction of sp³-hybridized carbons (Fsp3) is 0.375. The topological polar surface area (TPSA) is 53.2 Å². The number of piperazine rings is 1. The minimum atomic E-state index is -0.277. The summed E-state index contributed by atoms with van der Waals surface area (Å²) in [5.41, 5.74) is 4.94. The Labute approximate surface area is 176 Å². The monoisotopic (exact) mass is 406 g/mol. The van der Waals surface area contributed by atoms with E-state index >= 15 is 0 Å². The molecule has 30 heavy (non-hydrogen) atoms. The minimum Gasteiger partial charge on any atom is -0.496 e. The Morgan fingerprint density at radius 1 is 1.13 bits per heavy atom. The van der Waals surface area contributed by atoms with Gasteiger partial charge in [-0.25, -0.2) is 9.37 Å². The number of benzene rings is 1. The van der Waals surface area contributed by atoms with Gasteiger partial charge in [0.25, 0.3) is 0 Å². The van der Waals surface area contributed by atoms with E-state index in [1.165, 1.54) is 24.1 Å². The maximum Gasteiger partial charge on any atom is 0.138 e. The van der Waals surface area contributed by atoms with Crippen LogP contribution in [0.15, 0.2) is 42.6 Å². The Hall–Kier alpha value is -2.70. The Morgan fingerprint density at radius 3 is 2.77 bits per heavy atom. The highest BCUT2D eigenvalue weighted by Crippen LogP contribution is 2.37.